The molecule has 1 aromatic carbocycles. The van der Waals surface area contributed by atoms with Crippen LogP contribution in [0.15, 0.2) is 18.2 Å². The van der Waals surface area contributed by atoms with E-state index >= 15 is 0 Å². The topological polar surface area (TPSA) is 95.6 Å². The molecule has 0 aliphatic carbocycles. The Morgan fingerprint density at radius 2 is 2.00 bits per heavy atom. The predicted molar refractivity (Wildman–Crippen MR) is 99.4 cm³/mol. The quantitative estimate of drug-likeness (QED) is 0.752. The van der Waals surface area contributed by atoms with Crippen LogP contribution < -0.4 is 15.8 Å². The van der Waals surface area contributed by atoms with E-state index in [2.05, 4.69) is 23.8 Å². The summed E-state index contributed by atoms with van der Waals surface area (Å²) in [6.07, 6.45) is 2.63. The SMILES string of the molecule is Cc1ccc2c(c1)CCCN2CC(=O)NNC(=O)C[C@@H]1CCS(=O)(=O)C1. The maximum atomic E-state index is 12.2. The highest BCUT2D eigenvalue weighted by molar-refractivity contribution is 7.91. The molecule has 8 heteroatoms. The van der Waals surface area contributed by atoms with E-state index in [1.807, 2.05) is 17.0 Å². The molecule has 0 radical (unpaired) electrons. The van der Waals surface area contributed by atoms with Gasteiger partial charge in [0.15, 0.2) is 9.84 Å². The first-order valence-electron chi connectivity index (χ1n) is 8.95. The molecule has 142 valence electrons. The number of fused-ring (bicyclic) bond motifs is 1. The largest absolute Gasteiger partial charge is 0.362 e. The van der Waals surface area contributed by atoms with Crippen LogP contribution in [0.3, 0.4) is 0 Å². The van der Waals surface area contributed by atoms with Crippen molar-refractivity contribution in [2.45, 2.75) is 32.6 Å². The Kier molecular flexibility index (Phi) is 5.50. The van der Waals surface area contributed by atoms with Crippen LogP contribution in [-0.4, -0.2) is 44.8 Å². The number of hydrogen-bond donors (Lipinski definition) is 2. The Labute approximate surface area is 154 Å². The molecule has 2 heterocycles. The van der Waals surface area contributed by atoms with E-state index in [9.17, 15) is 18.0 Å². The zero-order chi connectivity index (χ0) is 18.7. The van der Waals surface area contributed by atoms with E-state index in [0.29, 0.717) is 6.42 Å². The number of nitrogens with zero attached hydrogens (tertiary/aromatic N) is 1. The monoisotopic (exact) mass is 379 g/mol. The van der Waals surface area contributed by atoms with Gasteiger partial charge in [0, 0.05) is 18.7 Å². The first-order valence-corrected chi connectivity index (χ1v) is 10.8. The highest BCUT2D eigenvalue weighted by atomic mass is 32.2. The average molecular weight is 379 g/mol. The molecule has 1 aromatic rings. The first-order chi connectivity index (χ1) is 12.3. The summed E-state index contributed by atoms with van der Waals surface area (Å²) in [4.78, 5) is 26.1. The number of sulfone groups is 1. The second-order valence-corrected chi connectivity index (χ2v) is 9.46. The van der Waals surface area contributed by atoms with Crippen LogP contribution in [0.2, 0.25) is 0 Å². The lowest BCUT2D eigenvalue weighted by molar-refractivity contribution is -0.128. The number of rotatable bonds is 4. The summed E-state index contributed by atoms with van der Waals surface area (Å²) in [6, 6.07) is 6.22. The molecule has 2 amide bonds. The van der Waals surface area contributed by atoms with E-state index in [0.717, 1.165) is 25.1 Å². The van der Waals surface area contributed by atoms with Crippen molar-refractivity contribution in [3.8, 4) is 0 Å². The van der Waals surface area contributed by atoms with Crippen molar-refractivity contribution in [1.29, 1.82) is 0 Å². The number of carbonyl (C=O) groups is 2. The number of benzene rings is 1. The molecule has 1 atom stereocenters. The average Bonchev–Trinajstić information content (AvgIpc) is 2.91. The van der Waals surface area contributed by atoms with Gasteiger partial charge in [0.05, 0.1) is 18.1 Å². The molecule has 1 saturated heterocycles. The highest BCUT2D eigenvalue weighted by Crippen LogP contribution is 2.27. The Morgan fingerprint density at radius 3 is 2.73 bits per heavy atom. The summed E-state index contributed by atoms with van der Waals surface area (Å²) in [6.45, 7) is 3.03. The fourth-order valence-electron chi connectivity index (χ4n) is 3.67. The minimum absolute atomic E-state index is 0.0539. The Hall–Kier alpha value is -2.09. The molecule has 1 fully saturated rings. The number of nitrogens with one attached hydrogen (secondary N) is 2. The fraction of sp³-hybridized carbons (Fsp3) is 0.556. The lowest BCUT2D eigenvalue weighted by atomic mass is 9.99. The van der Waals surface area contributed by atoms with Crippen molar-refractivity contribution in [2.75, 3.05) is 29.5 Å². The molecule has 0 spiro atoms. The minimum atomic E-state index is -3.00. The minimum Gasteiger partial charge on any atom is -0.362 e. The Balaban J connectivity index is 1.47. The zero-order valence-electron chi connectivity index (χ0n) is 15.0. The number of hydrazine groups is 1. The van der Waals surface area contributed by atoms with Gasteiger partial charge in [-0.2, -0.15) is 0 Å². The standard InChI is InChI=1S/C18H25N3O4S/c1-13-4-5-16-15(9-13)3-2-7-21(16)11-18(23)20-19-17(22)10-14-6-8-26(24,25)12-14/h4-5,9,14H,2-3,6-8,10-12H2,1H3,(H,19,22)(H,20,23)/t14-/m0/s1. The number of hydrogen-bond acceptors (Lipinski definition) is 5. The van der Waals surface area contributed by atoms with E-state index in [1.165, 1.54) is 11.1 Å². The molecule has 0 bridgehead atoms. The van der Waals surface area contributed by atoms with Crippen LogP contribution in [0.1, 0.15) is 30.4 Å². The molecule has 3 rings (SSSR count). The van der Waals surface area contributed by atoms with Crippen LogP contribution in [0.5, 0.6) is 0 Å². The smallest absolute Gasteiger partial charge is 0.257 e. The molecule has 0 unspecified atom stereocenters. The van der Waals surface area contributed by atoms with E-state index in [-0.39, 0.29) is 42.2 Å². The molecule has 2 aliphatic heterocycles. The highest BCUT2D eigenvalue weighted by Gasteiger charge is 2.29. The predicted octanol–water partition coefficient (Wildman–Crippen LogP) is 0.720. The molecule has 2 aliphatic rings. The van der Waals surface area contributed by atoms with Gasteiger partial charge in [0.2, 0.25) is 5.91 Å². The van der Waals surface area contributed by atoms with Crippen LogP contribution in [0.25, 0.3) is 0 Å². The van der Waals surface area contributed by atoms with Crippen molar-refractivity contribution in [1.82, 2.24) is 10.9 Å². The van der Waals surface area contributed by atoms with Gasteiger partial charge in [0.25, 0.3) is 5.91 Å². The van der Waals surface area contributed by atoms with Crippen LogP contribution >= 0.6 is 0 Å². The summed E-state index contributed by atoms with van der Waals surface area (Å²) in [7, 11) is -3.00. The molecule has 7 nitrogen and oxygen atoms in total. The summed E-state index contributed by atoms with van der Waals surface area (Å²) in [5.41, 5.74) is 8.36. The maximum absolute atomic E-state index is 12.2. The van der Waals surface area contributed by atoms with Gasteiger partial charge in [-0.25, -0.2) is 8.42 Å². The number of aryl methyl sites for hydroxylation is 2. The number of carbonyl (C=O) groups excluding carboxylic acids is 2. The van der Waals surface area contributed by atoms with Gasteiger partial charge in [-0.3, -0.25) is 20.4 Å². The third kappa shape index (κ3) is 4.75. The molecule has 0 aromatic heterocycles. The van der Waals surface area contributed by atoms with Gasteiger partial charge >= 0.3 is 0 Å². The van der Waals surface area contributed by atoms with Gasteiger partial charge in [-0.1, -0.05) is 17.7 Å². The van der Waals surface area contributed by atoms with Crippen molar-refractivity contribution in [3.63, 3.8) is 0 Å². The van der Waals surface area contributed by atoms with Gasteiger partial charge in [-0.05, 0) is 43.7 Å². The Bertz CT molecular complexity index is 807. The second-order valence-electron chi connectivity index (χ2n) is 7.23. The van der Waals surface area contributed by atoms with Crippen molar-refractivity contribution in [2.24, 2.45) is 5.92 Å². The summed E-state index contributed by atoms with van der Waals surface area (Å²) >= 11 is 0. The maximum Gasteiger partial charge on any atom is 0.257 e. The van der Waals surface area contributed by atoms with Gasteiger partial charge in [-0.15, -0.1) is 0 Å². The van der Waals surface area contributed by atoms with E-state index in [4.69, 9.17) is 0 Å². The van der Waals surface area contributed by atoms with Crippen molar-refractivity contribution < 1.29 is 18.0 Å². The van der Waals surface area contributed by atoms with Gasteiger partial charge < -0.3 is 4.90 Å². The van der Waals surface area contributed by atoms with Crippen LogP contribution in [0.4, 0.5) is 5.69 Å². The molecule has 26 heavy (non-hydrogen) atoms. The normalized spacial score (nSPS) is 21.1. The van der Waals surface area contributed by atoms with Crippen LogP contribution in [-0.2, 0) is 25.8 Å². The van der Waals surface area contributed by atoms with E-state index < -0.39 is 9.84 Å². The first kappa shape index (κ1) is 18.7. The third-order valence-electron chi connectivity index (χ3n) is 4.93. The molecular formula is C18H25N3O4S. The summed E-state index contributed by atoms with van der Waals surface area (Å²) in [5.74, 6) is -0.598. The lowest BCUT2D eigenvalue weighted by Gasteiger charge is -2.31. The van der Waals surface area contributed by atoms with Gasteiger partial charge in [0.1, 0.15) is 0 Å². The second kappa shape index (κ2) is 7.65. The lowest BCUT2D eigenvalue weighted by Crippen LogP contribution is -2.47. The summed E-state index contributed by atoms with van der Waals surface area (Å²) in [5, 5.41) is 0. The molecule has 2 N–H and O–H groups in total. The van der Waals surface area contributed by atoms with Crippen molar-refractivity contribution >= 4 is 27.3 Å². The number of amides is 2. The van der Waals surface area contributed by atoms with Crippen molar-refractivity contribution in [3.05, 3.63) is 29.3 Å². The fourth-order valence-corrected chi connectivity index (χ4v) is 5.53. The number of anilines is 1. The molecular weight excluding hydrogens is 354 g/mol. The van der Waals surface area contributed by atoms with Crippen LogP contribution in [0, 0.1) is 12.8 Å². The Morgan fingerprint density at radius 1 is 1.23 bits per heavy atom. The summed E-state index contributed by atoms with van der Waals surface area (Å²) < 4.78 is 22.8. The zero-order valence-corrected chi connectivity index (χ0v) is 15.8. The molecule has 0 saturated carbocycles. The van der Waals surface area contributed by atoms with E-state index in [1.54, 1.807) is 0 Å². The third-order valence-corrected chi connectivity index (χ3v) is 6.76.